The van der Waals surface area contributed by atoms with Gasteiger partial charge in [0.2, 0.25) is 0 Å². The van der Waals surface area contributed by atoms with Crippen molar-refractivity contribution in [2.45, 2.75) is 40.1 Å². The minimum atomic E-state index is -1.38. The molecular formula is C12H20OSi. The monoisotopic (exact) mass is 208 g/mol. The SMILES string of the molecule is Cc1ccc(CO[Si](C)(C)C)c(C)c1. The predicted octanol–water partition coefficient (Wildman–Crippen LogP) is 3.65. The van der Waals surface area contributed by atoms with E-state index in [1.807, 2.05) is 0 Å². The fraction of sp³-hybridized carbons (Fsp3) is 0.500. The normalized spacial score (nSPS) is 11.8. The second-order valence-corrected chi connectivity index (χ2v) is 9.34. The van der Waals surface area contributed by atoms with Crippen LogP contribution in [0, 0.1) is 13.8 Å². The zero-order chi connectivity index (χ0) is 10.8. The molecule has 14 heavy (non-hydrogen) atoms. The fourth-order valence-electron chi connectivity index (χ4n) is 1.30. The van der Waals surface area contributed by atoms with Gasteiger partial charge in [0.05, 0.1) is 6.61 Å². The van der Waals surface area contributed by atoms with E-state index < -0.39 is 8.32 Å². The first-order valence-electron chi connectivity index (χ1n) is 5.08. The van der Waals surface area contributed by atoms with Crippen LogP contribution >= 0.6 is 0 Å². The molecule has 0 bridgehead atoms. The summed E-state index contributed by atoms with van der Waals surface area (Å²) in [7, 11) is -1.38. The first-order chi connectivity index (χ1) is 6.38. The third-order valence-electron chi connectivity index (χ3n) is 2.16. The number of aryl methyl sites for hydroxylation is 2. The molecule has 0 aliphatic carbocycles. The fourth-order valence-corrected chi connectivity index (χ4v) is 1.89. The lowest BCUT2D eigenvalue weighted by Crippen LogP contribution is -2.25. The van der Waals surface area contributed by atoms with Gasteiger partial charge in [0.15, 0.2) is 8.32 Å². The first kappa shape index (κ1) is 11.5. The zero-order valence-corrected chi connectivity index (χ0v) is 10.8. The van der Waals surface area contributed by atoms with E-state index in [-0.39, 0.29) is 0 Å². The molecule has 78 valence electrons. The molecule has 0 aliphatic rings. The molecule has 1 rings (SSSR count). The third kappa shape index (κ3) is 3.64. The van der Waals surface area contributed by atoms with E-state index in [2.05, 4.69) is 51.7 Å². The van der Waals surface area contributed by atoms with Crippen LogP contribution in [0.4, 0.5) is 0 Å². The van der Waals surface area contributed by atoms with E-state index in [9.17, 15) is 0 Å². The van der Waals surface area contributed by atoms with Gasteiger partial charge in [-0.25, -0.2) is 0 Å². The van der Waals surface area contributed by atoms with E-state index in [0.717, 1.165) is 6.61 Å². The van der Waals surface area contributed by atoms with Gasteiger partial charge >= 0.3 is 0 Å². The minimum absolute atomic E-state index is 0.766. The average molecular weight is 208 g/mol. The van der Waals surface area contributed by atoms with Crippen molar-refractivity contribution in [2.75, 3.05) is 0 Å². The maximum absolute atomic E-state index is 5.87. The van der Waals surface area contributed by atoms with Crippen LogP contribution in [0.1, 0.15) is 16.7 Å². The highest BCUT2D eigenvalue weighted by Crippen LogP contribution is 2.14. The Morgan fingerprint density at radius 1 is 1.14 bits per heavy atom. The molecule has 0 aromatic heterocycles. The molecule has 1 aromatic carbocycles. The number of hydrogen-bond donors (Lipinski definition) is 0. The Morgan fingerprint density at radius 2 is 1.79 bits per heavy atom. The Bertz CT molecular complexity index is 313. The maximum atomic E-state index is 5.87. The van der Waals surface area contributed by atoms with Gasteiger partial charge in [-0.05, 0) is 44.6 Å². The molecule has 0 unspecified atom stereocenters. The first-order valence-corrected chi connectivity index (χ1v) is 8.49. The summed E-state index contributed by atoms with van der Waals surface area (Å²) < 4.78 is 5.87. The number of rotatable bonds is 3. The summed E-state index contributed by atoms with van der Waals surface area (Å²) in [4.78, 5) is 0. The molecule has 1 nitrogen and oxygen atoms in total. The topological polar surface area (TPSA) is 9.23 Å². The standard InChI is InChI=1S/C12H20OSi/c1-10-6-7-12(11(2)8-10)9-13-14(3,4)5/h6-8H,9H2,1-5H3. The van der Waals surface area contributed by atoms with Crippen molar-refractivity contribution in [2.24, 2.45) is 0 Å². The van der Waals surface area contributed by atoms with Crippen molar-refractivity contribution in [1.82, 2.24) is 0 Å². The molecule has 0 heterocycles. The van der Waals surface area contributed by atoms with Crippen LogP contribution in [-0.2, 0) is 11.0 Å². The summed E-state index contributed by atoms with van der Waals surface area (Å²) in [5.74, 6) is 0. The number of hydrogen-bond acceptors (Lipinski definition) is 1. The van der Waals surface area contributed by atoms with Gasteiger partial charge in [0.25, 0.3) is 0 Å². The second kappa shape index (κ2) is 4.28. The molecule has 0 fully saturated rings. The van der Waals surface area contributed by atoms with Crippen LogP contribution in [0.3, 0.4) is 0 Å². The Balaban J connectivity index is 2.68. The van der Waals surface area contributed by atoms with Crippen molar-refractivity contribution >= 4 is 8.32 Å². The molecule has 0 spiro atoms. The van der Waals surface area contributed by atoms with Crippen LogP contribution in [-0.4, -0.2) is 8.32 Å². The van der Waals surface area contributed by atoms with Crippen molar-refractivity contribution < 1.29 is 4.43 Å². The lowest BCUT2D eigenvalue weighted by molar-refractivity contribution is 0.298. The summed E-state index contributed by atoms with van der Waals surface area (Å²) in [6, 6.07) is 6.53. The Kier molecular flexibility index (Phi) is 3.51. The van der Waals surface area contributed by atoms with Crippen LogP contribution in [0.2, 0.25) is 19.6 Å². The summed E-state index contributed by atoms with van der Waals surface area (Å²) >= 11 is 0. The molecule has 0 amide bonds. The molecule has 1 aromatic rings. The lowest BCUT2D eigenvalue weighted by atomic mass is 10.1. The maximum Gasteiger partial charge on any atom is 0.184 e. The van der Waals surface area contributed by atoms with E-state index in [1.165, 1.54) is 16.7 Å². The van der Waals surface area contributed by atoms with E-state index >= 15 is 0 Å². The van der Waals surface area contributed by atoms with Gasteiger partial charge < -0.3 is 4.43 Å². The van der Waals surface area contributed by atoms with Gasteiger partial charge in [-0.2, -0.15) is 0 Å². The molecule has 0 atom stereocenters. The average Bonchev–Trinajstić information content (AvgIpc) is 2.00. The van der Waals surface area contributed by atoms with E-state index in [1.54, 1.807) is 0 Å². The van der Waals surface area contributed by atoms with Crippen molar-refractivity contribution in [3.8, 4) is 0 Å². The van der Waals surface area contributed by atoms with Crippen LogP contribution in [0.5, 0.6) is 0 Å². The van der Waals surface area contributed by atoms with Crippen molar-refractivity contribution in [3.63, 3.8) is 0 Å². The molecule has 0 N–H and O–H groups in total. The minimum Gasteiger partial charge on any atom is -0.413 e. The van der Waals surface area contributed by atoms with E-state index in [0.29, 0.717) is 0 Å². The summed E-state index contributed by atoms with van der Waals surface area (Å²) in [6.45, 7) is 11.7. The summed E-state index contributed by atoms with van der Waals surface area (Å²) in [5.41, 5.74) is 3.97. The summed E-state index contributed by atoms with van der Waals surface area (Å²) in [5, 5.41) is 0. The predicted molar refractivity (Wildman–Crippen MR) is 64.1 cm³/mol. The quantitative estimate of drug-likeness (QED) is 0.689. The van der Waals surface area contributed by atoms with E-state index in [4.69, 9.17) is 4.43 Å². The highest BCUT2D eigenvalue weighted by atomic mass is 28.4. The third-order valence-corrected chi connectivity index (χ3v) is 3.17. The molecule has 0 aliphatic heterocycles. The molecule has 0 radical (unpaired) electrons. The van der Waals surface area contributed by atoms with Gasteiger partial charge in [0, 0.05) is 0 Å². The highest BCUT2D eigenvalue weighted by Gasteiger charge is 2.14. The van der Waals surface area contributed by atoms with Gasteiger partial charge in [0.1, 0.15) is 0 Å². The lowest BCUT2D eigenvalue weighted by Gasteiger charge is -2.18. The smallest absolute Gasteiger partial charge is 0.184 e. The van der Waals surface area contributed by atoms with Gasteiger partial charge in [-0.15, -0.1) is 0 Å². The largest absolute Gasteiger partial charge is 0.413 e. The molecule has 2 heteroatoms. The second-order valence-electron chi connectivity index (χ2n) is 4.83. The van der Waals surface area contributed by atoms with Crippen LogP contribution in [0.15, 0.2) is 18.2 Å². The van der Waals surface area contributed by atoms with Gasteiger partial charge in [-0.1, -0.05) is 23.8 Å². The zero-order valence-electron chi connectivity index (χ0n) is 9.85. The van der Waals surface area contributed by atoms with Crippen molar-refractivity contribution in [1.29, 1.82) is 0 Å². The molecule has 0 saturated carbocycles. The molecular weight excluding hydrogens is 188 g/mol. The Hall–Kier alpha value is -0.603. The summed E-state index contributed by atoms with van der Waals surface area (Å²) in [6.07, 6.45) is 0. The Morgan fingerprint density at radius 3 is 2.29 bits per heavy atom. The highest BCUT2D eigenvalue weighted by molar-refractivity contribution is 6.69. The van der Waals surface area contributed by atoms with Crippen LogP contribution < -0.4 is 0 Å². The van der Waals surface area contributed by atoms with Crippen LogP contribution in [0.25, 0.3) is 0 Å². The van der Waals surface area contributed by atoms with Gasteiger partial charge in [-0.3, -0.25) is 0 Å². The molecule has 0 saturated heterocycles. The Labute approximate surface area is 88.2 Å². The van der Waals surface area contributed by atoms with Crippen molar-refractivity contribution in [3.05, 3.63) is 34.9 Å². The number of benzene rings is 1.